The Hall–Kier alpha value is -2.03. The van der Waals surface area contributed by atoms with Crippen LogP contribution >= 0.6 is 34.7 Å². The summed E-state index contributed by atoms with van der Waals surface area (Å²) in [7, 11) is 0. The molecule has 1 aromatic carbocycles. The Labute approximate surface area is 187 Å². The van der Waals surface area contributed by atoms with Crippen molar-refractivity contribution in [3.8, 4) is 0 Å². The number of amides is 1. The van der Waals surface area contributed by atoms with E-state index in [1.807, 2.05) is 19.9 Å². The third kappa shape index (κ3) is 4.66. The number of imidazole rings is 1. The second-order valence-corrected chi connectivity index (χ2v) is 9.92. The Kier molecular flexibility index (Phi) is 6.36. The fourth-order valence-corrected chi connectivity index (χ4v) is 5.62. The van der Waals surface area contributed by atoms with Crippen LogP contribution in [0.1, 0.15) is 47.5 Å². The molecule has 4 rings (SSSR count). The zero-order valence-corrected chi connectivity index (χ0v) is 19.1. The SMILES string of the molecule is CC(C)OC(=O)c1c(NC(=O)CSc2nc3ccc(Cl)cc3[nH]2)sc2c1CCCC2. The highest BCUT2D eigenvalue weighted by atomic mass is 35.5. The van der Waals surface area contributed by atoms with E-state index >= 15 is 0 Å². The molecular weight excluding hydrogens is 442 g/mol. The summed E-state index contributed by atoms with van der Waals surface area (Å²) < 4.78 is 5.44. The van der Waals surface area contributed by atoms with E-state index in [-0.39, 0.29) is 23.7 Å². The maximum Gasteiger partial charge on any atom is 0.341 e. The molecule has 2 N–H and O–H groups in total. The Morgan fingerprint density at radius 2 is 2.13 bits per heavy atom. The van der Waals surface area contributed by atoms with Crippen LogP contribution in [0.25, 0.3) is 11.0 Å². The number of hydrogen-bond donors (Lipinski definition) is 2. The lowest BCUT2D eigenvalue weighted by Gasteiger charge is -2.14. The molecule has 1 amide bonds. The number of halogens is 1. The van der Waals surface area contributed by atoms with E-state index in [2.05, 4.69) is 15.3 Å². The molecule has 9 heteroatoms. The lowest BCUT2D eigenvalue weighted by atomic mass is 9.95. The number of nitrogens with zero attached hydrogens (tertiary/aromatic N) is 1. The van der Waals surface area contributed by atoms with Crippen LogP contribution in [0.5, 0.6) is 0 Å². The minimum absolute atomic E-state index is 0.175. The molecule has 158 valence electrons. The summed E-state index contributed by atoms with van der Waals surface area (Å²) in [5, 5.41) is 4.80. The number of nitrogens with one attached hydrogen (secondary N) is 2. The van der Waals surface area contributed by atoms with E-state index in [0.717, 1.165) is 42.3 Å². The van der Waals surface area contributed by atoms with Gasteiger partial charge in [-0.25, -0.2) is 9.78 Å². The maximum atomic E-state index is 12.7. The maximum absolute atomic E-state index is 12.7. The predicted octanol–water partition coefficient (Wildman–Crippen LogP) is 5.45. The quantitative estimate of drug-likeness (QED) is 0.375. The Morgan fingerprint density at radius 3 is 2.93 bits per heavy atom. The Morgan fingerprint density at radius 1 is 1.33 bits per heavy atom. The standard InChI is InChI=1S/C21H22ClN3O3S2/c1-11(2)28-20(27)18-13-5-3-4-6-16(13)30-19(18)25-17(26)10-29-21-23-14-8-7-12(22)9-15(14)24-21/h7-9,11H,3-6,10H2,1-2H3,(H,23,24)(H,25,26). The minimum Gasteiger partial charge on any atom is -0.459 e. The van der Waals surface area contributed by atoms with Gasteiger partial charge < -0.3 is 15.0 Å². The molecule has 30 heavy (non-hydrogen) atoms. The average molecular weight is 464 g/mol. The van der Waals surface area contributed by atoms with Gasteiger partial charge in [0, 0.05) is 9.90 Å². The first-order chi connectivity index (χ1) is 14.4. The number of ether oxygens (including phenoxy) is 1. The summed E-state index contributed by atoms with van der Waals surface area (Å²) >= 11 is 8.80. The number of hydrogen-bond acceptors (Lipinski definition) is 6. The molecule has 0 bridgehead atoms. The van der Waals surface area contributed by atoms with Gasteiger partial charge in [-0.05, 0) is 63.3 Å². The van der Waals surface area contributed by atoms with Crippen molar-refractivity contribution in [2.24, 2.45) is 0 Å². The van der Waals surface area contributed by atoms with Gasteiger partial charge in [0.2, 0.25) is 5.91 Å². The summed E-state index contributed by atoms with van der Waals surface area (Å²) in [6, 6.07) is 5.42. The number of fused-ring (bicyclic) bond motifs is 2. The van der Waals surface area contributed by atoms with Gasteiger partial charge in [0.25, 0.3) is 0 Å². The van der Waals surface area contributed by atoms with Gasteiger partial charge in [-0.3, -0.25) is 4.79 Å². The largest absolute Gasteiger partial charge is 0.459 e. The van der Waals surface area contributed by atoms with Crippen molar-refractivity contribution in [3.63, 3.8) is 0 Å². The molecule has 3 aromatic rings. The van der Waals surface area contributed by atoms with Crippen LogP contribution < -0.4 is 5.32 Å². The van der Waals surface area contributed by atoms with Gasteiger partial charge in [0.05, 0.1) is 28.5 Å². The van der Waals surface area contributed by atoms with Crippen molar-refractivity contribution in [2.45, 2.75) is 50.8 Å². The average Bonchev–Trinajstić information content (AvgIpc) is 3.25. The number of rotatable bonds is 6. The Bertz CT molecular complexity index is 1110. The number of aryl methyl sites for hydroxylation is 1. The van der Waals surface area contributed by atoms with E-state index in [4.69, 9.17) is 16.3 Å². The summed E-state index contributed by atoms with van der Waals surface area (Å²) in [5.41, 5.74) is 3.19. The number of anilines is 1. The number of aromatic amines is 1. The topological polar surface area (TPSA) is 84.1 Å². The molecule has 2 heterocycles. The van der Waals surface area contributed by atoms with Crippen LogP contribution in [0, 0.1) is 0 Å². The van der Waals surface area contributed by atoms with Crippen molar-refractivity contribution in [1.29, 1.82) is 0 Å². The van der Waals surface area contributed by atoms with Gasteiger partial charge in [0.1, 0.15) is 5.00 Å². The Balaban J connectivity index is 1.48. The van der Waals surface area contributed by atoms with Crippen LogP contribution in [-0.2, 0) is 22.4 Å². The van der Waals surface area contributed by atoms with Gasteiger partial charge in [0.15, 0.2) is 5.16 Å². The summed E-state index contributed by atoms with van der Waals surface area (Å²) in [6.07, 6.45) is 3.72. The lowest BCUT2D eigenvalue weighted by molar-refractivity contribution is -0.113. The van der Waals surface area contributed by atoms with Crippen LogP contribution in [-0.4, -0.2) is 33.7 Å². The molecular formula is C21H22ClN3O3S2. The first-order valence-corrected chi connectivity index (χ1v) is 12.0. The molecule has 1 aliphatic rings. The number of H-pyrrole nitrogens is 1. The first kappa shape index (κ1) is 21.2. The van der Waals surface area contributed by atoms with Gasteiger partial charge >= 0.3 is 5.97 Å². The highest BCUT2D eigenvalue weighted by Gasteiger charge is 2.27. The number of carbonyl (C=O) groups is 2. The highest BCUT2D eigenvalue weighted by molar-refractivity contribution is 7.99. The van der Waals surface area contributed by atoms with Gasteiger partial charge in [-0.1, -0.05) is 23.4 Å². The van der Waals surface area contributed by atoms with E-state index in [0.29, 0.717) is 20.7 Å². The molecule has 1 aliphatic carbocycles. The van der Waals surface area contributed by atoms with Crippen LogP contribution in [0.15, 0.2) is 23.4 Å². The fourth-order valence-electron chi connectivity index (χ4n) is 3.47. The molecule has 0 saturated heterocycles. The number of thiophene rings is 1. The molecule has 0 unspecified atom stereocenters. The van der Waals surface area contributed by atoms with Gasteiger partial charge in [-0.2, -0.15) is 0 Å². The predicted molar refractivity (Wildman–Crippen MR) is 122 cm³/mol. The molecule has 2 aromatic heterocycles. The molecule has 0 aliphatic heterocycles. The van der Waals surface area contributed by atoms with Crippen molar-refractivity contribution < 1.29 is 14.3 Å². The molecule has 0 fully saturated rings. The fraction of sp³-hybridized carbons (Fsp3) is 0.381. The van der Waals surface area contributed by atoms with E-state index in [1.54, 1.807) is 12.1 Å². The molecule has 0 saturated carbocycles. The van der Waals surface area contributed by atoms with Gasteiger partial charge in [-0.15, -0.1) is 11.3 Å². The summed E-state index contributed by atoms with van der Waals surface area (Å²) in [4.78, 5) is 34.1. The zero-order valence-electron chi connectivity index (χ0n) is 16.7. The highest BCUT2D eigenvalue weighted by Crippen LogP contribution is 2.39. The lowest BCUT2D eigenvalue weighted by Crippen LogP contribution is -2.18. The van der Waals surface area contributed by atoms with Crippen LogP contribution in [0.4, 0.5) is 5.00 Å². The van der Waals surface area contributed by atoms with E-state index in [9.17, 15) is 9.59 Å². The van der Waals surface area contributed by atoms with Crippen LogP contribution in [0.3, 0.4) is 0 Å². The van der Waals surface area contributed by atoms with Crippen LogP contribution in [0.2, 0.25) is 5.02 Å². The van der Waals surface area contributed by atoms with Crippen molar-refractivity contribution in [3.05, 3.63) is 39.2 Å². The number of aromatic nitrogens is 2. The summed E-state index contributed by atoms with van der Waals surface area (Å²) in [6.45, 7) is 3.65. The zero-order chi connectivity index (χ0) is 21.3. The normalized spacial score (nSPS) is 13.5. The number of esters is 1. The summed E-state index contributed by atoms with van der Waals surface area (Å²) in [5.74, 6) is -0.369. The smallest absolute Gasteiger partial charge is 0.341 e. The third-order valence-electron chi connectivity index (χ3n) is 4.73. The first-order valence-electron chi connectivity index (χ1n) is 9.84. The van der Waals surface area contributed by atoms with Crippen molar-refractivity contribution in [2.75, 3.05) is 11.1 Å². The molecule has 0 atom stereocenters. The second-order valence-electron chi connectivity index (χ2n) is 7.41. The third-order valence-corrected chi connectivity index (χ3v) is 7.05. The molecule has 6 nitrogen and oxygen atoms in total. The second kappa shape index (κ2) is 8.99. The minimum atomic E-state index is -0.360. The molecule has 0 spiro atoms. The van der Waals surface area contributed by atoms with E-state index < -0.39 is 0 Å². The number of carbonyl (C=O) groups excluding carboxylic acids is 2. The number of benzene rings is 1. The van der Waals surface area contributed by atoms with E-state index in [1.165, 1.54) is 28.0 Å². The van der Waals surface area contributed by atoms with Crippen molar-refractivity contribution >= 4 is 62.6 Å². The van der Waals surface area contributed by atoms with Crippen molar-refractivity contribution in [1.82, 2.24) is 9.97 Å². The molecule has 0 radical (unpaired) electrons. The monoisotopic (exact) mass is 463 g/mol. The number of thioether (sulfide) groups is 1.